The van der Waals surface area contributed by atoms with Gasteiger partial charge in [0.05, 0.1) is 11.2 Å². The van der Waals surface area contributed by atoms with Crippen molar-refractivity contribution in [2.75, 3.05) is 36.8 Å². The molecular formula is C17H16FN7O. The summed E-state index contributed by atoms with van der Waals surface area (Å²) in [5.74, 6) is -0.0639. The number of amides is 1. The molecule has 26 heavy (non-hydrogen) atoms. The molecule has 0 bridgehead atoms. The number of nitrogen functional groups attached to an aromatic ring is 1. The first kappa shape index (κ1) is 16.1. The molecule has 2 aromatic heterocycles. The molecule has 0 aliphatic carbocycles. The van der Waals surface area contributed by atoms with Gasteiger partial charge >= 0.3 is 0 Å². The minimum absolute atomic E-state index is 0.0912. The lowest BCUT2D eigenvalue weighted by atomic mass is 10.1. The highest BCUT2D eigenvalue weighted by molar-refractivity contribution is 6.04. The van der Waals surface area contributed by atoms with Gasteiger partial charge in [-0.1, -0.05) is 0 Å². The van der Waals surface area contributed by atoms with Crippen LogP contribution in [0, 0.1) is 5.82 Å². The van der Waals surface area contributed by atoms with E-state index in [2.05, 4.69) is 20.2 Å². The number of fused-ring (bicyclic) bond motifs is 1. The zero-order valence-electron chi connectivity index (χ0n) is 13.8. The number of hydrogen-bond acceptors (Lipinski definition) is 7. The number of hydrogen-bond donors (Lipinski definition) is 1. The number of aromatic nitrogens is 4. The fourth-order valence-corrected chi connectivity index (χ4v) is 2.97. The molecule has 1 saturated heterocycles. The molecule has 1 aliphatic heterocycles. The van der Waals surface area contributed by atoms with E-state index in [0.29, 0.717) is 43.0 Å². The summed E-state index contributed by atoms with van der Waals surface area (Å²) in [4.78, 5) is 24.9. The van der Waals surface area contributed by atoms with Crippen LogP contribution in [0.5, 0.6) is 0 Å². The highest BCUT2D eigenvalue weighted by Crippen LogP contribution is 2.23. The zero-order valence-corrected chi connectivity index (χ0v) is 13.8. The number of benzene rings is 1. The summed E-state index contributed by atoms with van der Waals surface area (Å²) in [6.45, 7) is 2.23. The van der Waals surface area contributed by atoms with E-state index in [1.54, 1.807) is 23.4 Å². The molecule has 4 rings (SSSR count). The van der Waals surface area contributed by atoms with Crippen LogP contribution in [0.15, 0.2) is 36.7 Å². The van der Waals surface area contributed by atoms with Gasteiger partial charge in [-0.2, -0.15) is 0 Å². The number of carbonyl (C=O) groups is 1. The quantitative estimate of drug-likeness (QED) is 0.736. The number of piperazine rings is 1. The smallest absolute Gasteiger partial charge is 0.276 e. The van der Waals surface area contributed by atoms with Crippen molar-refractivity contribution < 1.29 is 9.18 Å². The van der Waals surface area contributed by atoms with Crippen LogP contribution in [-0.4, -0.2) is 57.2 Å². The normalized spacial score (nSPS) is 14.7. The first-order chi connectivity index (χ1) is 12.6. The van der Waals surface area contributed by atoms with E-state index in [1.165, 1.54) is 18.2 Å². The number of rotatable bonds is 2. The van der Waals surface area contributed by atoms with Crippen molar-refractivity contribution >= 4 is 28.4 Å². The molecule has 3 aromatic rings. The fourth-order valence-electron chi connectivity index (χ4n) is 2.97. The third kappa shape index (κ3) is 2.87. The summed E-state index contributed by atoms with van der Waals surface area (Å²) in [5, 5.41) is 8.38. The highest BCUT2D eigenvalue weighted by atomic mass is 19.1. The molecule has 0 saturated carbocycles. The monoisotopic (exact) mass is 353 g/mol. The number of halogens is 1. The summed E-state index contributed by atoms with van der Waals surface area (Å²) in [5.41, 5.74) is 6.72. The van der Waals surface area contributed by atoms with Gasteiger partial charge in [-0.15, -0.1) is 10.2 Å². The Morgan fingerprint density at radius 3 is 2.54 bits per heavy atom. The Morgan fingerprint density at radius 2 is 1.81 bits per heavy atom. The molecule has 2 N–H and O–H groups in total. The summed E-state index contributed by atoms with van der Waals surface area (Å²) in [6, 6.07) is 5.80. The van der Waals surface area contributed by atoms with Crippen molar-refractivity contribution in [1.82, 2.24) is 25.1 Å². The van der Waals surface area contributed by atoms with Crippen LogP contribution in [-0.2, 0) is 0 Å². The van der Waals surface area contributed by atoms with Crippen LogP contribution in [0.1, 0.15) is 10.5 Å². The molecule has 0 radical (unpaired) electrons. The lowest BCUT2D eigenvalue weighted by molar-refractivity contribution is 0.0740. The van der Waals surface area contributed by atoms with Crippen molar-refractivity contribution in [3.63, 3.8) is 0 Å². The standard InChI is InChI=1S/C17H16FN7O/c18-11-2-3-12-13(10-11)22-23-15(14(12)19)16(26)24-6-8-25(9-7-24)17-20-4-1-5-21-17/h1-5,10H,6-9H2,(H2,19,22). The topological polar surface area (TPSA) is 101 Å². The molecule has 1 aliphatic rings. The van der Waals surface area contributed by atoms with Gasteiger partial charge in [0.2, 0.25) is 5.95 Å². The minimum Gasteiger partial charge on any atom is -0.396 e. The Hall–Kier alpha value is -3.36. The van der Waals surface area contributed by atoms with Gasteiger partial charge in [-0.25, -0.2) is 14.4 Å². The van der Waals surface area contributed by atoms with Crippen molar-refractivity contribution in [3.8, 4) is 0 Å². The van der Waals surface area contributed by atoms with Crippen LogP contribution < -0.4 is 10.6 Å². The maximum Gasteiger partial charge on any atom is 0.276 e. The van der Waals surface area contributed by atoms with Crippen molar-refractivity contribution in [3.05, 3.63) is 48.2 Å². The molecule has 1 aromatic carbocycles. The average molecular weight is 353 g/mol. The Balaban J connectivity index is 1.53. The van der Waals surface area contributed by atoms with Gasteiger partial charge in [0.1, 0.15) is 5.82 Å². The summed E-state index contributed by atoms with van der Waals surface area (Å²) in [7, 11) is 0. The van der Waals surface area contributed by atoms with Gasteiger partial charge in [-0.3, -0.25) is 4.79 Å². The molecule has 8 nitrogen and oxygen atoms in total. The lowest BCUT2D eigenvalue weighted by Crippen LogP contribution is -2.49. The van der Waals surface area contributed by atoms with Crippen molar-refractivity contribution in [2.24, 2.45) is 0 Å². The van der Waals surface area contributed by atoms with Gasteiger partial charge in [0.25, 0.3) is 5.91 Å². The van der Waals surface area contributed by atoms with Crippen LogP contribution >= 0.6 is 0 Å². The van der Waals surface area contributed by atoms with Crippen LogP contribution in [0.3, 0.4) is 0 Å². The van der Waals surface area contributed by atoms with Crippen molar-refractivity contribution in [2.45, 2.75) is 0 Å². The second-order valence-corrected chi connectivity index (χ2v) is 5.95. The Morgan fingerprint density at radius 1 is 1.08 bits per heavy atom. The molecule has 132 valence electrons. The number of anilines is 2. The zero-order chi connectivity index (χ0) is 18.1. The van der Waals surface area contributed by atoms with E-state index in [1.807, 2.05) is 4.90 Å². The lowest BCUT2D eigenvalue weighted by Gasteiger charge is -2.34. The predicted molar refractivity (Wildman–Crippen MR) is 94.1 cm³/mol. The molecule has 0 atom stereocenters. The molecule has 1 amide bonds. The largest absolute Gasteiger partial charge is 0.396 e. The first-order valence-electron chi connectivity index (χ1n) is 8.16. The minimum atomic E-state index is -0.426. The van der Waals surface area contributed by atoms with E-state index in [9.17, 15) is 9.18 Å². The average Bonchev–Trinajstić information content (AvgIpc) is 2.68. The fraction of sp³-hybridized carbons (Fsp3) is 0.235. The molecule has 0 unspecified atom stereocenters. The molecule has 0 spiro atoms. The maximum absolute atomic E-state index is 13.3. The van der Waals surface area contributed by atoms with E-state index in [-0.39, 0.29) is 17.3 Å². The number of nitrogens with zero attached hydrogens (tertiary/aromatic N) is 6. The van der Waals surface area contributed by atoms with Gasteiger partial charge in [0, 0.05) is 50.0 Å². The molecular weight excluding hydrogens is 337 g/mol. The number of nitrogens with two attached hydrogens (primary N) is 1. The maximum atomic E-state index is 13.3. The van der Waals surface area contributed by atoms with Gasteiger partial charge in [0.15, 0.2) is 5.69 Å². The number of carbonyl (C=O) groups excluding carboxylic acids is 1. The Kier molecular flexibility index (Phi) is 4.04. The molecule has 1 fully saturated rings. The van der Waals surface area contributed by atoms with E-state index >= 15 is 0 Å². The SMILES string of the molecule is Nc1c(C(=O)N2CCN(c3ncccn3)CC2)nnc2cc(F)ccc12. The highest BCUT2D eigenvalue weighted by Gasteiger charge is 2.26. The summed E-state index contributed by atoms with van der Waals surface area (Å²) < 4.78 is 13.3. The van der Waals surface area contributed by atoms with E-state index in [4.69, 9.17) is 5.73 Å². The first-order valence-corrected chi connectivity index (χ1v) is 8.16. The van der Waals surface area contributed by atoms with Crippen LogP contribution in [0.25, 0.3) is 10.9 Å². The second-order valence-electron chi connectivity index (χ2n) is 5.95. The van der Waals surface area contributed by atoms with E-state index in [0.717, 1.165) is 0 Å². The third-order valence-electron chi connectivity index (χ3n) is 4.37. The summed E-state index contributed by atoms with van der Waals surface area (Å²) >= 11 is 0. The Labute approximate surface area is 148 Å². The Bertz CT molecular complexity index is 958. The summed E-state index contributed by atoms with van der Waals surface area (Å²) in [6.07, 6.45) is 3.38. The molecule has 9 heteroatoms. The van der Waals surface area contributed by atoms with Crippen LogP contribution in [0.4, 0.5) is 16.0 Å². The third-order valence-corrected chi connectivity index (χ3v) is 4.37. The molecule has 3 heterocycles. The predicted octanol–water partition coefficient (Wildman–Crippen LogP) is 1.10. The van der Waals surface area contributed by atoms with Crippen LogP contribution in [0.2, 0.25) is 0 Å². The second kappa shape index (κ2) is 6.51. The van der Waals surface area contributed by atoms with Crippen molar-refractivity contribution in [1.29, 1.82) is 0 Å². The van der Waals surface area contributed by atoms with Gasteiger partial charge in [-0.05, 0) is 18.2 Å². The van der Waals surface area contributed by atoms with E-state index < -0.39 is 5.82 Å². The van der Waals surface area contributed by atoms with Gasteiger partial charge < -0.3 is 15.5 Å².